The molecule has 0 amide bonds. The normalized spacial score (nSPS) is 31.2. The second kappa shape index (κ2) is 8.43. The molecule has 1 saturated heterocycles. The Bertz CT molecular complexity index is 1130. The van der Waals surface area contributed by atoms with Crippen molar-refractivity contribution in [2.24, 2.45) is 10.9 Å². The van der Waals surface area contributed by atoms with Crippen LogP contribution in [0.15, 0.2) is 59.6 Å². The van der Waals surface area contributed by atoms with E-state index >= 15 is 0 Å². The molecular formula is C28H33N3O3. The van der Waals surface area contributed by atoms with Crippen LogP contribution in [0.1, 0.15) is 37.3 Å². The number of nitrogens with one attached hydrogen (secondary N) is 1. The van der Waals surface area contributed by atoms with Crippen LogP contribution in [0.5, 0.6) is 11.5 Å². The monoisotopic (exact) mass is 459 g/mol. The van der Waals surface area contributed by atoms with E-state index in [-0.39, 0.29) is 17.3 Å². The zero-order valence-electron chi connectivity index (χ0n) is 19.7. The summed E-state index contributed by atoms with van der Waals surface area (Å²) in [4.78, 5) is 7.46. The first kappa shape index (κ1) is 21.7. The van der Waals surface area contributed by atoms with Gasteiger partial charge in [0.1, 0.15) is 18.0 Å². The number of aromatic hydroxyl groups is 1. The van der Waals surface area contributed by atoms with Crippen LogP contribution in [0.3, 0.4) is 0 Å². The Morgan fingerprint density at radius 3 is 2.88 bits per heavy atom. The van der Waals surface area contributed by atoms with Crippen LogP contribution in [0.4, 0.5) is 5.69 Å². The number of hydrogen-bond donors (Lipinski definition) is 3. The smallest absolute Gasteiger partial charge is 0.165 e. The maximum Gasteiger partial charge on any atom is 0.165 e. The lowest BCUT2D eigenvalue weighted by molar-refractivity contribution is -0.0516. The van der Waals surface area contributed by atoms with Gasteiger partial charge in [0.15, 0.2) is 11.5 Å². The summed E-state index contributed by atoms with van der Waals surface area (Å²) in [6.07, 6.45) is 6.96. The number of anilines is 1. The third-order valence-corrected chi connectivity index (χ3v) is 8.29. The molecule has 1 spiro atoms. The van der Waals surface area contributed by atoms with E-state index in [9.17, 15) is 10.2 Å². The zero-order chi connectivity index (χ0) is 23.3. The van der Waals surface area contributed by atoms with Gasteiger partial charge in [-0.3, -0.25) is 9.89 Å². The molecule has 34 heavy (non-hydrogen) atoms. The van der Waals surface area contributed by atoms with Crippen molar-refractivity contribution < 1.29 is 14.9 Å². The van der Waals surface area contributed by atoms with Crippen molar-refractivity contribution in [2.45, 2.75) is 56.3 Å². The summed E-state index contributed by atoms with van der Waals surface area (Å²) in [6.45, 7) is 4.92. The Kier molecular flexibility index (Phi) is 5.38. The van der Waals surface area contributed by atoms with Crippen LogP contribution >= 0.6 is 0 Å². The third-order valence-electron chi connectivity index (χ3n) is 8.29. The number of aliphatic hydroxyl groups is 1. The lowest BCUT2D eigenvalue weighted by Crippen LogP contribution is -2.65. The van der Waals surface area contributed by atoms with Crippen LogP contribution < -0.4 is 10.1 Å². The Morgan fingerprint density at radius 1 is 1.21 bits per heavy atom. The largest absolute Gasteiger partial charge is 0.504 e. The minimum absolute atomic E-state index is 0.197. The van der Waals surface area contributed by atoms with Crippen molar-refractivity contribution in [3.8, 4) is 11.5 Å². The molecule has 2 bridgehead atoms. The van der Waals surface area contributed by atoms with Gasteiger partial charge in [0.25, 0.3) is 0 Å². The summed E-state index contributed by atoms with van der Waals surface area (Å²) in [5.74, 6) is 2.12. The first-order valence-electron chi connectivity index (χ1n) is 12.6. The minimum atomic E-state index is -0.639. The average Bonchev–Trinajstić information content (AvgIpc) is 3.21. The number of aliphatic imine (C=N–C) groups is 1. The third kappa shape index (κ3) is 3.27. The number of phenolic OH excluding ortho intramolecular Hbond substituents is 1. The summed E-state index contributed by atoms with van der Waals surface area (Å²) in [5.41, 5.74) is 3.27. The van der Waals surface area contributed by atoms with Crippen LogP contribution in [-0.2, 0) is 11.8 Å². The molecule has 2 aromatic rings. The van der Waals surface area contributed by atoms with Crippen molar-refractivity contribution >= 4 is 11.5 Å². The molecule has 0 radical (unpaired) electrons. The number of aliphatic hydroxyl groups excluding tert-OH is 1. The second-order valence-corrected chi connectivity index (χ2v) is 10.0. The minimum Gasteiger partial charge on any atom is -0.504 e. The first-order chi connectivity index (χ1) is 16.6. The molecule has 2 heterocycles. The predicted molar refractivity (Wildman–Crippen MR) is 134 cm³/mol. The Labute approximate surface area is 201 Å². The maximum absolute atomic E-state index is 10.8. The van der Waals surface area contributed by atoms with Gasteiger partial charge >= 0.3 is 0 Å². The van der Waals surface area contributed by atoms with Gasteiger partial charge < -0.3 is 20.3 Å². The van der Waals surface area contributed by atoms with E-state index in [1.807, 2.05) is 24.3 Å². The van der Waals surface area contributed by atoms with Gasteiger partial charge in [-0.2, -0.15) is 0 Å². The second-order valence-electron chi connectivity index (χ2n) is 10.0. The van der Waals surface area contributed by atoms with Crippen LogP contribution in [0, 0.1) is 5.92 Å². The molecule has 6 nitrogen and oxygen atoms in total. The Balaban J connectivity index is 1.18. The van der Waals surface area contributed by atoms with Crippen molar-refractivity contribution in [3.05, 3.63) is 65.7 Å². The summed E-state index contributed by atoms with van der Waals surface area (Å²) in [5, 5.41) is 24.7. The van der Waals surface area contributed by atoms with Crippen LogP contribution in [0.2, 0.25) is 0 Å². The Hall–Kier alpha value is -2.83. The molecule has 6 heteroatoms. The molecule has 5 atom stereocenters. The number of para-hydroxylation sites is 1. The van der Waals surface area contributed by atoms with Crippen molar-refractivity contribution in [1.29, 1.82) is 0 Å². The van der Waals surface area contributed by atoms with Crippen molar-refractivity contribution in [1.82, 2.24) is 4.90 Å². The zero-order valence-corrected chi connectivity index (χ0v) is 19.7. The lowest BCUT2D eigenvalue weighted by Gasteiger charge is -2.57. The number of nitrogens with zero attached hydrogens (tertiary/aromatic N) is 2. The first-order valence-corrected chi connectivity index (χ1v) is 12.6. The highest BCUT2D eigenvalue weighted by atomic mass is 16.5. The summed E-state index contributed by atoms with van der Waals surface area (Å²) >= 11 is 0. The molecule has 0 saturated carbocycles. The summed E-state index contributed by atoms with van der Waals surface area (Å²) < 4.78 is 6.25. The fourth-order valence-corrected chi connectivity index (χ4v) is 6.83. The average molecular weight is 460 g/mol. The van der Waals surface area contributed by atoms with Gasteiger partial charge in [-0.1, -0.05) is 43.3 Å². The SMILES string of the molecule is CCC(=NCCCN1CC[C@]23c4c5ccc(O)c4O[C@H]2[C@@H](O)C=CC3[C@H]1C5)Nc1ccccc1. The fraction of sp³-hybridized carbons (Fsp3) is 0.464. The van der Waals surface area contributed by atoms with Gasteiger partial charge in [-0.15, -0.1) is 0 Å². The molecule has 1 unspecified atom stereocenters. The van der Waals surface area contributed by atoms with Gasteiger partial charge in [-0.05, 0) is 49.6 Å². The maximum atomic E-state index is 10.8. The molecule has 2 aliphatic carbocycles. The highest BCUT2D eigenvalue weighted by molar-refractivity contribution is 5.95. The molecule has 4 aliphatic rings. The number of benzene rings is 2. The number of amidine groups is 1. The number of ether oxygens (including phenoxy) is 1. The van der Waals surface area contributed by atoms with E-state index in [1.54, 1.807) is 6.07 Å². The van der Waals surface area contributed by atoms with Crippen molar-refractivity contribution in [2.75, 3.05) is 25.0 Å². The molecule has 1 fully saturated rings. The van der Waals surface area contributed by atoms with Gasteiger partial charge in [0, 0.05) is 48.1 Å². The van der Waals surface area contributed by atoms with E-state index in [4.69, 9.17) is 9.73 Å². The number of piperidine rings is 1. The van der Waals surface area contributed by atoms with Crippen molar-refractivity contribution in [3.63, 3.8) is 0 Å². The van der Waals surface area contributed by atoms with E-state index in [2.05, 4.69) is 41.4 Å². The van der Waals surface area contributed by atoms with Crippen LogP contribution in [0.25, 0.3) is 0 Å². The van der Waals surface area contributed by atoms with E-state index < -0.39 is 6.10 Å². The number of rotatable bonds is 6. The molecule has 2 aliphatic heterocycles. The number of phenols is 1. The van der Waals surface area contributed by atoms with Gasteiger partial charge in [0.05, 0.1) is 0 Å². The van der Waals surface area contributed by atoms with E-state index in [1.165, 1.54) is 5.56 Å². The molecular weight excluding hydrogens is 426 g/mol. The predicted octanol–water partition coefficient (Wildman–Crippen LogP) is 3.88. The topological polar surface area (TPSA) is 77.3 Å². The summed E-state index contributed by atoms with van der Waals surface area (Å²) in [6, 6.07) is 14.4. The molecule has 6 rings (SSSR count). The van der Waals surface area contributed by atoms with Crippen LogP contribution in [-0.4, -0.2) is 58.8 Å². The lowest BCUT2D eigenvalue weighted by atomic mass is 9.53. The fourth-order valence-electron chi connectivity index (χ4n) is 6.83. The molecule has 3 N–H and O–H groups in total. The van der Waals surface area contributed by atoms with Gasteiger partial charge in [-0.25, -0.2) is 0 Å². The standard InChI is InChI=1S/C28H33N3O3/c1-2-24(30-19-7-4-3-5-8-19)29-14-6-15-31-16-13-28-20-10-12-23(33)27(28)34-26-22(32)11-9-18(25(26)28)17-21(20)31/h3-5,7-12,20-21,23,27,32-33H,2,6,13-17H2,1H3,(H,29,30)/t20?,21-,23+,27+,28+/m1/s1. The highest BCUT2D eigenvalue weighted by Crippen LogP contribution is 2.62. The molecule has 2 aromatic carbocycles. The quantitative estimate of drug-likeness (QED) is 0.265. The molecule has 178 valence electrons. The molecule has 0 aromatic heterocycles. The van der Waals surface area contributed by atoms with E-state index in [0.29, 0.717) is 17.7 Å². The Morgan fingerprint density at radius 2 is 2.06 bits per heavy atom. The summed E-state index contributed by atoms with van der Waals surface area (Å²) in [7, 11) is 0. The number of hydrogen-bond acceptors (Lipinski definition) is 5. The number of likely N-dealkylation sites (tertiary alicyclic amines) is 1. The highest BCUT2D eigenvalue weighted by Gasteiger charge is 2.64. The van der Waals surface area contributed by atoms with E-state index in [0.717, 1.165) is 62.4 Å². The van der Waals surface area contributed by atoms with Gasteiger partial charge in [0.2, 0.25) is 0 Å².